The maximum Gasteiger partial charge on any atom is 0.248 e. The maximum absolute atomic E-state index is 13.1. The van der Waals surface area contributed by atoms with E-state index in [0.29, 0.717) is 33.7 Å². The smallest absolute Gasteiger partial charge is 0.248 e. The number of carbonyl (C=O) groups excluding carboxylic acids is 2. The lowest BCUT2D eigenvalue weighted by atomic mass is 9.88. The number of nitrogen functional groups attached to an aromatic ring is 1. The largest absolute Gasteiger partial charge is 0.397 e. The second-order valence-electron chi connectivity index (χ2n) is 8.63. The third kappa shape index (κ3) is 6.22. The zero-order valence-electron chi connectivity index (χ0n) is 19.2. The molecule has 4 rings (SSSR count). The van der Waals surface area contributed by atoms with Gasteiger partial charge >= 0.3 is 0 Å². The summed E-state index contributed by atoms with van der Waals surface area (Å²) in [6.45, 7) is 1.43. The minimum Gasteiger partial charge on any atom is -0.397 e. The third-order valence-corrected chi connectivity index (χ3v) is 6.78. The van der Waals surface area contributed by atoms with E-state index in [4.69, 9.17) is 28.9 Å². The molecule has 35 heavy (non-hydrogen) atoms. The van der Waals surface area contributed by atoms with Gasteiger partial charge in [0, 0.05) is 30.8 Å². The molecule has 1 fully saturated rings. The van der Waals surface area contributed by atoms with Gasteiger partial charge in [0.25, 0.3) is 0 Å². The molecule has 0 bridgehead atoms. The predicted octanol–water partition coefficient (Wildman–Crippen LogP) is 5.51. The van der Waals surface area contributed by atoms with Gasteiger partial charge in [0.2, 0.25) is 11.8 Å². The summed E-state index contributed by atoms with van der Waals surface area (Å²) in [5, 5.41) is 6.58. The van der Waals surface area contributed by atoms with Crippen LogP contribution in [0.2, 0.25) is 10.0 Å². The number of likely N-dealkylation sites (tertiary alicyclic amines) is 1. The summed E-state index contributed by atoms with van der Waals surface area (Å²) in [5.41, 5.74) is 9.53. The zero-order valence-corrected chi connectivity index (χ0v) is 20.7. The van der Waals surface area contributed by atoms with Gasteiger partial charge in [0.05, 0.1) is 27.3 Å². The average Bonchev–Trinajstić information content (AvgIpc) is 3.24. The lowest BCUT2D eigenvalue weighted by Gasteiger charge is -2.19. The van der Waals surface area contributed by atoms with Crippen molar-refractivity contribution in [3.63, 3.8) is 0 Å². The molecule has 0 saturated carbocycles. The molecule has 1 aliphatic rings. The number of hydrogen-bond acceptors (Lipinski definition) is 4. The van der Waals surface area contributed by atoms with Crippen molar-refractivity contribution in [3.05, 3.63) is 94.0 Å². The first-order valence-corrected chi connectivity index (χ1v) is 11.9. The molecule has 1 heterocycles. The van der Waals surface area contributed by atoms with Crippen LogP contribution in [0, 0.1) is 5.92 Å². The van der Waals surface area contributed by atoms with Crippen LogP contribution in [0.3, 0.4) is 0 Å². The van der Waals surface area contributed by atoms with E-state index < -0.39 is 0 Å². The molecule has 180 valence electrons. The standard InChI is InChI=1S/C27H26Cl2N4O2/c1-33-15-20(21(16-33)27(35)31-19-11-12-22(28)23(29)14-19)18-9-6-17(7-10-18)8-13-26(34)32-25-5-3-2-4-24(25)30/h2-14,20-21H,15-16,30H2,1H3,(H,31,35)(H,32,34)/b13-8+. The first-order valence-electron chi connectivity index (χ1n) is 11.2. The number of para-hydroxylation sites is 2. The topological polar surface area (TPSA) is 87.5 Å². The second kappa shape index (κ2) is 11.0. The minimum atomic E-state index is -0.261. The molecule has 0 spiro atoms. The maximum atomic E-state index is 13.1. The van der Waals surface area contributed by atoms with E-state index in [1.807, 2.05) is 43.4 Å². The molecule has 3 aromatic rings. The molecule has 4 N–H and O–H groups in total. The molecule has 2 atom stereocenters. The first-order chi connectivity index (χ1) is 16.8. The van der Waals surface area contributed by atoms with Crippen LogP contribution in [0.5, 0.6) is 0 Å². The van der Waals surface area contributed by atoms with Gasteiger partial charge < -0.3 is 21.3 Å². The van der Waals surface area contributed by atoms with Crippen LogP contribution < -0.4 is 16.4 Å². The zero-order chi connectivity index (χ0) is 24.9. The van der Waals surface area contributed by atoms with Gasteiger partial charge in [0.15, 0.2) is 0 Å². The molecule has 1 aliphatic heterocycles. The number of halogens is 2. The molecular formula is C27H26Cl2N4O2. The molecule has 0 aromatic heterocycles. The Labute approximate surface area is 214 Å². The van der Waals surface area contributed by atoms with E-state index >= 15 is 0 Å². The Morgan fingerprint density at radius 3 is 2.43 bits per heavy atom. The van der Waals surface area contributed by atoms with E-state index in [1.165, 1.54) is 6.08 Å². The van der Waals surface area contributed by atoms with Gasteiger partial charge in [-0.1, -0.05) is 59.6 Å². The van der Waals surface area contributed by atoms with Crippen molar-refractivity contribution < 1.29 is 9.59 Å². The van der Waals surface area contributed by atoms with Crippen molar-refractivity contribution in [1.29, 1.82) is 0 Å². The fraction of sp³-hybridized carbons (Fsp3) is 0.185. The average molecular weight is 509 g/mol. The quantitative estimate of drug-likeness (QED) is 0.302. The number of likely N-dealkylation sites (N-methyl/N-ethyl adjacent to an activating group) is 1. The van der Waals surface area contributed by atoms with Crippen molar-refractivity contribution in [2.75, 3.05) is 36.5 Å². The van der Waals surface area contributed by atoms with E-state index in [1.54, 1.807) is 36.4 Å². The molecule has 6 nitrogen and oxygen atoms in total. The van der Waals surface area contributed by atoms with Crippen molar-refractivity contribution in [2.24, 2.45) is 5.92 Å². The number of anilines is 3. The molecule has 1 saturated heterocycles. The number of nitrogens with zero attached hydrogens (tertiary/aromatic N) is 1. The van der Waals surface area contributed by atoms with Crippen molar-refractivity contribution in [3.8, 4) is 0 Å². The molecular weight excluding hydrogens is 483 g/mol. The highest BCUT2D eigenvalue weighted by Gasteiger charge is 2.37. The Balaban J connectivity index is 1.41. The Hall–Kier alpha value is -3.32. The second-order valence-corrected chi connectivity index (χ2v) is 9.44. The summed E-state index contributed by atoms with van der Waals surface area (Å²) in [6.07, 6.45) is 3.21. The minimum absolute atomic E-state index is 0.0464. The van der Waals surface area contributed by atoms with E-state index in [0.717, 1.165) is 17.7 Å². The van der Waals surface area contributed by atoms with E-state index in [2.05, 4.69) is 15.5 Å². The number of carbonyl (C=O) groups is 2. The van der Waals surface area contributed by atoms with Gasteiger partial charge in [-0.05, 0) is 54.6 Å². The molecule has 0 aliphatic carbocycles. The highest BCUT2D eigenvalue weighted by atomic mass is 35.5. The van der Waals surface area contributed by atoms with Crippen LogP contribution in [0.25, 0.3) is 6.08 Å². The van der Waals surface area contributed by atoms with Gasteiger partial charge in [-0.25, -0.2) is 0 Å². The Morgan fingerprint density at radius 1 is 0.971 bits per heavy atom. The number of benzene rings is 3. The van der Waals surface area contributed by atoms with Crippen LogP contribution >= 0.6 is 23.2 Å². The van der Waals surface area contributed by atoms with Crippen molar-refractivity contribution in [1.82, 2.24) is 4.90 Å². The first kappa shape index (κ1) is 24.8. The summed E-state index contributed by atoms with van der Waals surface area (Å²) < 4.78 is 0. The number of rotatable bonds is 6. The summed E-state index contributed by atoms with van der Waals surface area (Å²) >= 11 is 12.1. The molecule has 0 radical (unpaired) electrons. The Kier molecular flexibility index (Phi) is 7.76. The highest BCUT2D eigenvalue weighted by molar-refractivity contribution is 6.42. The van der Waals surface area contributed by atoms with Crippen molar-refractivity contribution in [2.45, 2.75) is 5.92 Å². The van der Waals surface area contributed by atoms with Crippen LogP contribution in [0.15, 0.2) is 72.8 Å². The summed E-state index contributed by atoms with van der Waals surface area (Å²) in [5.74, 6) is -0.481. The monoisotopic (exact) mass is 508 g/mol. The number of hydrogen-bond donors (Lipinski definition) is 3. The Morgan fingerprint density at radius 2 is 1.71 bits per heavy atom. The van der Waals surface area contributed by atoms with Gasteiger partial charge in [-0.3, -0.25) is 9.59 Å². The van der Waals surface area contributed by atoms with E-state index in [9.17, 15) is 9.59 Å². The highest BCUT2D eigenvalue weighted by Crippen LogP contribution is 2.34. The summed E-state index contributed by atoms with van der Waals surface area (Å²) in [7, 11) is 2.01. The van der Waals surface area contributed by atoms with Crippen LogP contribution in [-0.2, 0) is 9.59 Å². The lowest BCUT2D eigenvalue weighted by Crippen LogP contribution is -2.28. The predicted molar refractivity (Wildman–Crippen MR) is 144 cm³/mol. The molecule has 3 aromatic carbocycles. The fourth-order valence-corrected chi connectivity index (χ4v) is 4.52. The number of nitrogens with one attached hydrogen (secondary N) is 2. The van der Waals surface area contributed by atoms with Crippen LogP contribution in [-0.4, -0.2) is 36.9 Å². The normalized spacial score (nSPS) is 18.0. The van der Waals surface area contributed by atoms with Crippen molar-refractivity contribution >= 4 is 58.2 Å². The van der Waals surface area contributed by atoms with Gasteiger partial charge in [-0.2, -0.15) is 0 Å². The van der Waals surface area contributed by atoms with E-state index in [-0.39, 0.29) is 23.7 Å². The molecule has 2 unspecified atom stereocenters. The number of nitrogens with two attached hydrogens (primary N) is 1. The third-order valence-electron chi connectivity index (χ3n) is 6.04. The molecule has 8 heteroatoms. The fourth-order valence-electron chi connectivity index (χ4n) is 4.22. The molecule has 2 amide bonds. The summed E-state index contributed by atoms with van der Waals surface area (Å²) in [4.78, 5) is 27.5. The summed E-state index contributed by atoms with van der Waals surface area (Å²) in [6, 6.07) is 20.1. The lowest BCUT2D eigenvalue weighted by molar-refractivity contribution is -0.119. The van der Waals surface area contributed by atoms with Crippen LogP contribution in [0.4, 0.5) is 17.1 Å². The SMILES string of the molecule is CN1CC(C(=O)Nc2ccc(Cl)c(Cl)c2)C(c2ccc(/C=C/C(=O)Nc3ccccc3N)cc2)C1. The van der Waals surface area contributed by atoms with Gasteiger partial charge in [0.1, 0.15) is 0 Å². The Bertz CT molecular complexity index is 1260. The number of amides is 2. The van der Waals surface area contributed by atoms with Gasteiger partial charge in [-0.15, -0.1) is 0 Å². The van der Waals surface area contributed by atoms with Crippen LogP contribution in [0.1, 0.15) is 17.0 Å².